The lowest BCUT2D eigenvalue weighted by Crippen LogP contribution is -2.22. The normalized spacial score (nSPS) is 8.94. The Balaban J connectivity index is -0.000000205. The average molecular weight is 235 g/mol. The highest BCUT2D eigenvalue weighted by Crippen LogP contribution is 2.08. The summed E-state index contributed by atoms with van der Waals surface area (Å²) in [5, 5.41) is 9.10. The van der Waals surface area contributed by atoms with Crippen LogP contribution >= 0.6 is 0 Å². The quantitative estimate of drug-likeness (QED) is 0.781. The van der Waals surface area contributed by atoms with E-state index in [0.29, 0.717) is 6.42 Å². The molecule has 0 spiro atoms. The van der Waals surface area contributed by atoms with Gasteiger partial charge in [0, 0.05) is 12.8 Å². The van der Waals surface area contributed by atoms with Crippen molar-refractivity contribution >= 4 is 11.9 Å². The van der Waals surface area contributed by atoms with Crippen molar-refractivity contribution in [2.24, 2.45) is 5.73 Å². The van der Waals surface area contributed by atoms with Gasteiger partial charge < -0.3 is 15.6 Å². The SMILES string of the molecule is CC.CCC(=O)CC(C)(C)O.COC(N)=O. The van der Waals surface area contributed by atoms with Crippen LogP contribution in [0.5, 0.6) is 0 Å². The molecule has 0 aromatic heterocycles. The number of methoxy groups -OCH3 is 1. The van der Waals surface area contributed by atoms with Crippen LogP contribution in [0.2, 0.25) is 0 Å². The number of ether oxygens (including phenoxy) is 1. The van der Waals surface area contributed by atoms with Gasteiger partial charge >= 0.3 is 6.09 Å². The fraction of sp³-hybridized carbons (Fsp3) is 0.818. The van der Waals surface area contributed by atoms with Crippen molar-refractivity contribution in [1.29, 1.82) is 0 Å². The van der Waals surface area contributed by atoms with Crippen molar-refractivity contribution in [1.82, 2.24) is 0 Å². The van der Waals surface area contributed by atoms with E-state index < -0.39 is 11.7 Å². The summed E-state index contributed by atoms with van der Waals surface area (Å²) in [7, 11) is 1.22. The zero-order valence-electron chi connectivity index (χ0n) is 11.2. The lowest BCUT2D eigenvalue weighted by molar-refractivity contribution is -0.122. The van der Waals surface area contributed by atoms with E-state index in [4.69, 9.17) is 5.11 Å². The monoisotopic (exact) mass is 235 g/mol. The van der Waals surface area contributed by atoms with Crippen LogP contribution in [0.3, 0.4) is 0 Å². The van der Waals surface area contributed by atoms with E-state index in [-0.39, 0.29) is 12.2 Å². The molecule has 0 saturated heterocycles. The predicted molar refractivity (Wildman–Crippen MR) is 64.2 cm³/mol. The Morgan fingerprint density at radius 3 is 1.69 bits per heavy atom. The van der Waals surface area contributed by atoms with Crippen LogP contribution in [-0.4, -0.2) is 29.7 Å². The van der Waals surface area contributed by atoms with Crippen LogP contribution in [0.25, 0.3) is 0 Å². The molecule has 0 bridgehead atoms. The third kappa shape index (κ3) is 29.3. The molecule has 0 fully saturated rings. The van der Waals surface area contributed by atoms with Gasteiger partial charge in [0.15, 0.2) is 0 Å². The van der Waals surface area contributed by atoms with Gasteiger partial charge in [-0.15, -0.1) is 0 Å². The Hall–Kier alpha value is -1.10. The van der Waals surface area contributed by atoms with Crippen molar-refractivity contribution in [3.8, 4) is 0 Å². The zero-order valence-corrected chi connectivity index (χ0v) is 11.2. The molecule has 0 aromatic carbocycles. The zero-order chi connectivity index (χ0) is 13.8. The van der Waals surface area contributed by atoms with Crippen LogP contribution in [0.15, 0.2) is 0 Å². The number of ketones is 1. The lowest BCUT2D eigenvalue weighted by atomic mass is 10.0. The molecular formula is C11H25NO4. The first-order chi connectivity index (χ1) is 7.22. The number of nitrogens with two attached hydrogens (primary N) is 1. The molecule has 0 atom stereocenters. The van der Waals surface area contributed by atoms with Crippen molar-refractivity contribution in [3.05, 3.63) is 0 Å². The highest BCUT2D eigenvalue weighted by molar-refractivity contribution is 5.78. The van der Waals surface area contributed by atoms with E-state index in [0.717, 1.165) is 0 Å². The van der Waals surface area contributed by atoms with Crippen molar-refractivity contribution in [2.45, 2.75) is 53.1 Å². The minimum absolute atomic E-state index is 0.113. The number of carbonyl (C=O) groups excluding carboxylic acids is 2. The van der Waals surface area contributed by atoms with Gasteiger partial charge in [-0.3, -0.25) is 4.79 Å². The standard InChI is InChI=1S/C7H14O2.C2H5NO2.C2H6/c1-4-6(8)5-7(2,3)9;1-5-2(3)4;1-2/h9H,4-5H2,1-3H3;1H3,(H2,3,4);1-2H3. The number of Topliss-reactive ketones (excluding diaryl/α,β-unsaturated/α-hetero) is 1. The summed E-state index contributed by atoms with van der Waals surface area (Å²) in [5.41, 5.74) is 3.60. The second-order valence-electron chi connectivity index (χ2n) is 3.40. The van der Waals surface area contributed by atoms with Crippen LogP contribution in [0, 0.1) is 0 Å². The summed E-state index contributed by atoms with van der Waals surface area (Å²) in [6.07, 6.45) is 0.0398. The van der Waals surface area contributed by atoms with Gasteiger partial charge in [0.1, 0.15) is 5.78 Å². The largest absolute Gasteiger partial charge is 0.453 e. The van der Waals surface area contributed by atoms with Gasteiger partial charge in [0.2, 0.25) is 0 Å². The number of primary amides is 1. The fourth-order valence-corrected chi connectivity index (χ4v) is 0.608. The Morgan fingerprint density at radius 1 is 1.31 bits per heavy atom. The first-order valence-electron chi connectivity index (χ1n) is 5.30. The van der Waals surface area contributed by atoms with Crippen molar-refractivity contribution in [3.63, 3.8) is 0 Å². The Labute approximate surface area is 98.0 Å². The third-order valence-electron chi connectivity index (χ3n) is 1.23. The highest BCUT2D eigenvalue weighted by atomic mass is 16.5. The predicted octanol–water partition coefficient (Wildman–Crippen LogP) is 1.86. The van der Waals surface area contributed by atoms with Crippen LogP contribution in [0.1, 0.15) is 47.5 Å². The number of hydrogen-bond donors (Lipinski definition) is 2. The smallest absolute Gasteiger partial charge is 0.404 e. The molecule has 0 aliphatic carbocycles. The average Bonchev–Trinajstić information content (AvgIpc) is 2.19. The van der Waals surface area contributed by atoms with Gasteiger partial charge in [-0.2, -0.15) is 0 Å². The molecule has 98 valence electrons. The Kier molecular flexibility index (Phi) is 15.2. The first kappa shape index (κ1) is 20.3. The topological polar surface area (TPSA) is 89.6 Å². The van der Waals surface area contributed by atoms with E-state index in [1.165, 1.54) is 7.11 Å². The second-order valence-corrected chi connectivity index (χ2v) is 3.40. The summed E-state index contributed by atoms with van der Waals surface area (Å²) >= 11 is 0. The molecule has 0 aromatic rings. The highest BCUT2D eigenvalue weighted by Gasteiger charge is 2.15. The van der Waals surface area contributed by atoms with Crippen LogP contribution < -0.4 is 5.73 Å². The Bertz CT molecular complexity index is 185. The van der Waals surface area contributed by atoms with E-state index >= 15 is 0 Å². The van der Waals surface area contributed by atoms with E-state index in [9.17, 15) is 9.59 Å². The molecule has 3 N–H and O–H groups in total. The second kappa shape index (κ2) is 12.0. The molecule has 0 aliphatic rings. The summed E-state index contributed by atoms with van der Waals surface area (Å²) in [6, 6.07) is 0. The van der Waals surface area contributed by atoms with Crippen molar-refractivity contribution < 1.29 is 19.4 Å². The van der Waals surface area contributed by atoms with Gasteiger partial charge in [-0.05, 0) is 13.8 Å². The number of hydrogen-bond acceptors (Lipinski definition) is 4. The molecule has 0 rings (SSSR count). The van der Waals surface area contributed by atoms with Crippen LogP contribution in [0.4, 0.5) is 4.79 Å². The van der Waals surface area contributed by atoms with Crippen LogP contribution in [-0.2, 0) is 9.53 Å². The lowest BCUT2D eigenvalue weighted by Gasteiger charge is -2.14. The molecule has 0 unspecified atom stereocenters. The molecule has 5 heteroatoms. The maximum absolute atomic E-state index is 10.7. The van der Waals surface area contributed by atoms with Crippen molar-refractivity contribution in [2.75, 3.05) is 7.11 Å². The number of carbonyl (C=O) groups is 2. The van der Waals surface area contributed by atoms with E-state index in [1.54, 1.807) is 20.8 Å². The maximum Gasteiger partial charge on any atom is 0.404 e. The van der Waals surface area contributed by atoms with Gasteiger partial charge in [-0.1, -0.05) is 20.8 Å². The number of amides is 1. The fourth-order valence-electron chi connectivity index (χ4n) is 0.608. The summed E-state index contributed by atoms with van der Waals surface area (Å²) in [4.78, 5) is 20.0. The molecule has 0 radical (unpaired) electrons. The third-order valence-corrected chi connectivity index (χ3v) is 1.23. The minimum Gasteiger partial charge on any atom is -0.453 e. The molecule has 16 heavy (non-hydrogen) atoms. The van der Waals surface area contributed by atoms with Gasteiger partial charge in [0.25, 0.3) is 0 Å². The molecular weight excluding hydrogens is 210 g/mol. The number of rotatable bonds is 3. The molecule has 0 aliphatic heterocycles. The first-order valence-corrected chi connectivity index (χ1v) is 5.30. The summed E-state index contributed by atoms with van der Waals surface area (Å²) in [5.74, 6) is 0.113. The summed E-state index contributed by atoms with van der Waals surface area (Å²) in [6.45, 7) is 9.08. The maximum atomic E-state index is 10.7. The van der Waals surface area contributed by atoms with E-state index in [1.807, 2.05) is 13.8 Å². The van der Waals surface area contributed by atoms with Gasteiger partial charge in [0.05, 0.1) is 12.7 Å². The number of aliphatic hydroxyl groups is 1. The molecule has 5 nitrogen and oxygen atoms in total. The molecule has 0 saturated carbocycles. The molecule has 0 heterocycles. The molecule has 1 amide bonds. The van der Waals surface area contributed by atoms with Gasteiger partial charge in [-0.25, -0.2) is 4.79 Å². The summed E-state index contributed by atoms with van der Waals surface area (Å²) < 4.78 is 3.89. The Morgan fingerprint density at radius 2 is 1.62 bits per heavy atom. The minimum atomic E-state index is -0.826. The van der Waals surface area contributed by atoms with E-state index in [2.05, 4.69) is 10.5 Å².